The molecule has 1 aliphatic rings. The highest BCUT2D eigenvalue weighted by atomic mass is 16.5. The lowest BCUT2D eigenvalue weighted by atomic mass is 10.2. The average molecular weight is 207 g/mol. The van der Waals surface area contributed by atoms with Crippen molar-refractivity contribution in [3.8, 4) is 0 Å². The zero-order valence-corrected chi connectivity index (χ0v) is 8.59. The summed E-state index contributed by atoms with van der Waals surface area (Å²) in [6.07, 6.45) is 6.74. The van der Waals surface area contributed by atoms with E-state index in [1.807, 2.05) is 4.90 Å². The maximum absolute atomic E-state index is 11.5. The molecule has 80 valence electrons. The van der Waals surface area contributed by atoms with Crippen LogP contribution in [-0.2, 0) is 9.53 Å². The van der Waals surface area contributed by atoms with E-state index in [-0.39, 0.29) is 12.0 Å². The zero-order valence-electron chi connectivity index (χ0n) is 8.59. The molecule has 0 saturated carbocycles. The van der Waals surface area contributed by atoms with Gasteiger partial charge in [0, 0.05) is 6.54 Å². The van der Waals surface area contributed by atoms with Crippen molar-refractivity contribution in [1.29, 1.82) is 0 Å². The van der Waals surface area contributed by atoms with Crippen LogP contribution in [0.5, 0.6) is 0 Å². The molecule has 0 N–H and O–H groups in total. The number of carbonyl (C=O) groups excluding carboxylic acids is 1. The molecule has 0 amide bonds. The van der Waals surface area contributed by atoms with Crippen molar-refractivity contribution in [1.82, 2.24) is 9.97 Å². The fourth-order valence-corrected chi connectivity index (χ4v) is 1.90. The van der Waals surface area contributed by atoms with E-state index in [4.69, 9.17) is 4.74 Å². The Morgan fingerprint density at radius 2 is 2.27 bits per heavy atom. The van der Waals surface area contributed by atoms with Crippen molar-refractivity contribution >= 4 is 11.7 Å². The molecular weight excluding hydrogens is 194 g/mol. The largest absolute Gasteiger partial charge is 0.467 e. The quantitative estimate of drug-likeness (QED) is 0.665. The van der Waals surface area contributed by atoms with Crippen molar-refractivity contribution in [3.63, 3.8) is 0 Å². The van der Waals surface area contributed by atoms with Gasteiger partial charge in [-0.25, -0.2) is 14.8 Å². The number of nitrogens with zero attached hydrogens (tertiary/aromatic N) is 3. The highest BCUT2D eigenvalue weighted by molar-refractivity contribution is 5.80. The minimum atomic E-state index is -0.184. The van der Waals surface area contributed by atoms with Gasteiger partial charge in [0.1, 0.15) is 12.4 Å². The second-order valence-corrected chi connectivity index (χ2v) is 3.47. The molecule has 0 bridgehead atoms. The number of aromatic nitrogens is 2. The third-order valence-electron chi connectivity index (χ3n) is 2.60. The Morgan fingerprint density at radius 3 is 2.93 bits per heavy atom. The van der Waals surface area contributed by atoms with E-state index in [0.29, 0.717) is 0 Å². The van der Waals surface area contributed by atoms with E-state index >= 15 is 0 Å². The molecule has 1 aromatic rings. The molecule has 15 heavy (non-hydrogen) atoms. The van der Waals surface area contributed by atoms with Crippen molar-refractivity contribution in [3.05, 3.63) is 18.7 Å². The van der Waals surface area contributed by atoms with Crippen molar-refractivity contribution < 1.29 is 9.53 Å². The SMILES string of the molecule is COC(=O)C1CCCN1c1cncnc1. The van der Waals surface area contributed by atoms with Crippen LogP contribution in [0, 0.1) is 0 Å². The maximum Gasteiger partial charge on any atom is 0.328 e. The van der Waals surface area contributed by atoms with E-state index in [2.05, 4.69) is 9.97 Å². The Morgan fingerprint density at radius 1 is 1.53 bits per heavy atom. The van der Waals surface area contributed by atoms with Gasteiger partial charge in [-0.1, -0.05) is 0 Å². The molecule has 1 aromatic heterocycles. The van der Waals surface area contributed by atoms with E-state index in [1.54, 1.807) is 12.4 Å². The summed E-state index contributed by atoms with van der Waals surface area (Å²) in [5.41, 5.74) is 0.880. The first-order valence-electron chi connectivity index (χ1n) is 4.92. The number of carbonyl (C=O) groups is 1. The summed E-state index contributed by atoms with van der Waals surface area (Å²) in [7, 11) is 1.42. The minimum Gasteiger partial charge on any atom is -0.467 e. The van der Waals surface area contributed by atoms with Gasteiger partial charge in [0.05, 0.1) is 25.2 Å². The Kier molecular flexibility index (Phi) is 2.80. The van der Waals surface area contributed by atoms with Crippen LogP contribution in [0.3, 0.4) is 0 Å². The summed E-state index contributed by atoms with van der Waals surface area (Å²) >= 11 is 0. The maximum atomic E-state index is 11.5. The summed E-state index contributed by atoms with van der Waals surface area (Å²) in [6, 6.07) is -0.180. The van der Waals surface area contributed by atoms with Crippen LogP contribution in [0.25, 0.3) is 0 Å². The molecule has 0 spiro atoms. The third-order valence-corrected chi connectivity index (χ3v) is 2.60. The molecule has 0 aromatic carbocycles. The summed E-state index contributed by atoms with van der Waals surface area (Å²) in [5.74, 6) is -0.184. The van der Waals surface area contributed by atoms with Gasteiger partial charge in [-0.15, -0.1) is 0 Å². The van der Waals surface area contributed by atoms with Gasteiger partial charge >= 0.3 is 5.97 Å². The van der Waals surface area contributed by atoms with Crippen molar-refractivity contribution in [2.75, 3.05) is 18.6 Å². The van der Waals surface area contributed by atoms with Crippen LogP contribution < -0.4 is 4.90 Å². The van der Waals surface area contributed by atoms with E-state index in [0.717, 1.165) is 25.1 Å². The van der Waals surface area contributed by atoms with Gasteiger partial charge in [-0.05, 0) is 12.8 Å². The number of hydrogen-bond acceptors (Lipinski definition) is 5. The predicted octanol–water partition coefficient (Wildman–Crippen LogP) is 0.618. The summed E-state index contributed by atoms with van der Waals surface area (Å²) in [5, 5.41) is 0. The number of ether oxygens (including phenoxy) is 1. The van der Waals surface area contributed by atoms with Gasteiger partial charge in [0.15, 0.2) is 0 Å². The van der Waals surface area contributed by atoms with Gasteiger partial charge in [0.2, 0.25) is 0 Å². The molecule has 2 heterocycles. The molecular formula is C10H13N3O2. The Bertz CT molecular complexity index is 342. The average Bonchev–Trinajstić information content (AvgIpc) is 2.78. The summed E-state index contributed by atoms with van der Waals surface area (Å²) < 4.78 is 4.76. The highest BCUT2D eigenvalue weighted by Crippen LogP contribution is 2.24. The number of hydrogen-bond donors (Lipinski definition) is 0. The van der Waals surface area contributed by atoms with Crippen LogP contribution in [0.2, 0.25) is 0 Å². The van der Waals surface area contributed by atoms with Crippen LogP contribution >= 0.6 is 0 Å². The number of esters is 1. The molecule has 1 atom stereocenters. The highest BCUT2D eigenvalue weighted by Gasteiger charge is 2.31. The first-order chi connectivity index (χ1) is 7.33. The predicted molar refractivity (Wildman–Crippen MR) is 54.4 cm³/mol. The standard InChI is InChI=1S/C10H13N3O2/c1-15-10(14)9-3-2-4-13(9)8-5-11-7-12-6-8/h5-7,9H,2-4H2,1H3. The number of anilines is 1. The molecule has 0 aliphatic carbocycles. The normalized spacial score (nSPS) is 20.3. The van der Waals surface area contributed by atoms with Gasteiger partial charge < -0.3 is 9.64 Å². The fourth-order valence-electron chi connectivity index (χ4n) is 1.90. The van der Waals surface area contributed by atoms with Crippen molar-refractivity contribution in [2.45, 2.75) is 18.9 Å². The lowest BCUT2D eigenvalue weighted by Crippen LogP contribution is -2.36. The molecule has 1 aliphatic heterocycles. The number of methoxy groups -OCH3 is 1. The second-order valence-electron chi connectivity index (χ2n) is 3.47. The topological polar surface area (TPSA) is 55.3 Å². The summed E-state index contributed by atoms with van der Waals surface area (Å²) in [4.78, 5) is 21.4. The molecule has 0 radical (unpaired) electrons. The lowest BCUT2D eigenvalue weighted by Gasteiger charge is -2.23. The smallest absolute Gasteiger partial charge is 0.328 e. The van der Waals surface area contributed by atoms with Crippen molar-refractivity contribution in [2.24, 2.45) is 0 Å². The van der Waals surface area contributed by atoms with Gasteiger partial charge in [-0.2, -0.15) is 0 Å². The second kappa shape index (κ2) is 4.25. The molecule has 5 nitrogen and oxygen atoms in total. The lowest BCUT2D eigenvalue weighted by molar-refractivity contribution is -0.141. The Labute approximate surface area is 88.1 Å². The first kappa shape index (κ1) is 9.89. The molecule has 2 rings (SSSR count). The van der Waals surface area contributed by atoms with Crippen LogP contribution in [0.4, 0.5) is 5.69 Å². The van der Waals surface area contributed by atoms with E-state index in [1.165, 1.54) is 13.4 Å². The Balaban J connectivity index is 2.18. The monoisotopic (exact) mass is 207 g/mol. The summed E-state index contributed by atoms with van der Waals surface area (Å²) in [6.45, 7) is 0.854. The van der Waals surface area contributed by atoms with E-state index < -0.39 is 0 Å². The molecule has 1 fully saturated rings. The zero-order chi connectivity index (χ0) is 10.7. The Hall–Kier alpha value is -1.65. The first-order valence-corrected chi connectivity index (χ1v) is 4.92. The van der Waals surface area contributed by atoms with Gasteiger partial charge in [0.25, 0.3) is 0 Å². The molecule has 1 saturated heterocycles. The van der Waals surface area contributed by atoms with Crippen LogP contribution in [0.15, 0.2) is 18.7 Å². The van der Waals surface area contributed by atoms with Crippen LogP contribution in [0.1, 0.15) is 12.8 Å². The minimum absolute atomic E-state index is 0.180. The van der Waals surface area contributed by atoms with Crippen LogP contribution in [-0.4, -0.2) is 35.6 Å². The number of rotatable bonds is 2. The molecule has 5 heteroatoms. The van der Waals surface area contributed by atoms with Gasteiger partial charge in [-0.3, -0.25) is 0 Å². The molecule has 1 unspecified atom stereocenters. The van der Waals surface area contributed by atoms with E-state index in [9.17, 15) is 4.79 Å². The third kappa shape index (κ3) is 1.91. The fraction of sp³-hybridized carbons (Fsp3) is 0.500.